The fourth-order valence-electron chi connectivity index (χ4n) is 4.34. The van der Waals surface area contributed by atoms with E-state index in [-0.39, 0.29) is 16.8 Å². The largest absolute Gasteiger partial charge is 0.312 e. The van der Waals surface area contributed by atoms with Gasteiger partial charge in [-0.15, -0.1) is 0 Å². The summed E-state index contributed by atoms with van der Waals surface area (Å²) in [4.78, 5) is 13.8. The standard InChI is InChI=1S/C21H23BrN2O3S/c1-14-6-3-4-7-17(14)19-8-5-10-24(19)28(26,27)21-13-20-16(12-18(21)22)9-11-23(20)15(2)25/h3-4,6-7,12-13,19H,5,8-11H2,1-2H3/t19-/m0/s1. The van der Waals surface area contributed by atoms with Crippen molar-refractivity contribution in [3.63, 3.8) is 0 Å². The lowest BCUT2D eigenvalue weighted by atomic mass is 10.0. The number of carbonyl (C=O) groups is 1. The number of hydrogen-bond donors (Lipinski definition) is 0. The van der Waals surface area contributed by atoms with Gasteiger partial charge in [-0.2, -0.15) is 4.31 Å². The number of anilines is 1. The summed E-state index contributed by atoms with van der Waals surface area (Å²) in [6.45, 7) is 4.63. The van der Waals surface area contributed by atoms with E-state index in [1.165, 1.54) is 6.92 Å². The highest BCUT2D eigenvalue weighted by Crippen LogP contribution is 2.42. The van der Waals surface area contributed by atoms with Crippen LogP contribution in [0.3, 0.4) is 0 Å². The van der Waals surface area contributed by atoms with Crippen molar-refractivity contribution in [1.82, 2.24) is 4.31 Å². The van der Waals surface area contributed by atoms with E-state index in [0.29, 0.717) is 23.2 Å². The molecule has 1 amide bonds. The molecule has 2 aliphatic rings. The molecule has 2 heterocycles. The first-order chi connectivity index (χ1) is 13.3. The third-order valence-electron chi connectivity index (χ3n) is 5.75. The topological polar surface area (TPSA) is 57.7 Å². The fourth-order valence-corrected chi connectivity index (χ4v) is 7.08. The Labute approximate surface area is 174 Å². The van der Waals surface area contributed by atoms with E-state index in [0.717, 1.165) is 36.0 Å². The van der Waals surface area contributed by atoms with Gasteiger partial charge < -0.3 is 4.90 Å². The molecule has 0 spiro atoms. The summed E-state index contributed by atoms with van der Waals surface area (Å²) in [6.07, 6.45) is 2.38. The Bertz CT molecular complexity index is 1050. The Kier molecular flexibility index (Phi) is 5.10. The third kappa shape index (κ3) is 3.19. The van der Waals surface area contributed by atoms with E-state index >= 15 is 0 Å². The van der Waals surface area contributed by atoms with Crippen molar-refractivity contribution in [3.8, 4) is 0 Å². The molecular weight excluding hydrogens is 440 g/mol. The number of sulfonamides is 1. The number of carbonyl (C=O) groups excluding carboxylic acids is 1. The van der Waals surface area contributed by atoms with Crippen LogP contribution in [-0.4, -0.2) is 31.7 Å². The van der Waals surface area contributed by atoms with Crippen molar-refractivity contribution in [1.29, 1.82) is 0 Å². The fraction of sp³-hybridized carbons (Fsp3) is 0.381. The van der Waals surface area contributed by atoms with Crippen LogP contribution >= 0.6 is 15.9 Å². The van der Waals surface area contributed by atoms with Gasteiger partial charge in [0.1, 0.15) is 0 Å². The lowest BCUT2D eigenvalue weighted by Crippen LogP contribution is -2.31. The van der Waals surface area contributed by atoms with E-state index in [2.05, 4.69) is 15.9 Å². The molecule has 2 aromatic carbocycles. The summed E-state index contributed by atoms with van der Waals surface area (Å²) in [5.41, 5.74) is 3.87. The van der Waals surface area contributed by atoms with Gasteiger partial charge in [-0.1, -0.05) is 24.3 Å². The summed E-state index contributed by atoms with van der Waals surface area (Å²) >= 11 is 3.47. The molecule has 28 heavy (non-hydrogen) atoms. The first kappa shape index (κ1) is 19.6. The molecule has 1 fully saturated rings. The van der Waals surface area contributed by atoms with Gasteiger partial charge >= 0.3 is 0 Å². The van der Waals surface area contributed by atoms with Crippen LogP contribution in [0.2, 0.25) is 0 Å². The zero-order valence-corrected chi connectivity index (χ0v) is 18.4. The molecule has 2 aliphatic heterocycles. The molecule has 148 valence electrons. The van der Waals surface area contributed by atoms with Crippen molar-refractivity contribution >= 4 is 37.5 Å². The summed E-state index contributed by atoms with van der Waals surface area (Å²) in [5, 5.41) is 0. The van der Waals surface area contributed by atoms with Gasteiger partial charge in [0.05, 0.1) is 10.9 Å². The van der Waals surface area contributed by atoms with Gasteiger partial charge in [0.25, 0.3) is 0 Å². The van der Waals surface area contributed by atoms with Crippen molar-refractivity contribution < 1.29 is 13.2 Å². The molecule has 0 aromatic heterocycles. The van der Waals surface area contributed by atoms with Crippen LogP contribution in [0.15, 0.2) is 45.8 Å². The Morgan fingerprint density at radius 2 is 1.93 bits per heavy atom. The minimum Gasteiger partial charge on any atom is -0.312 e. The van der Waals surface area contributed by atoms with Gasteiger partial charge in [-0.05, 0) is 70.9 Å². The van der Waals surface area contributed by atoms with Crippen molar-refractivity contribution in [2.24, 2.45) is 0 Å². The summed E-state index contributed by atoms with van der Waals surface area (Å²) in [6, 6.07) is 11.3. The number of halogens is 1. The predicted molar refractivity (Wildman–Crippen MR) is 113 cm³/mol. The highest BCUT2D eigenvalue weighted by Gasteiger charge is 2.38. The number of aryl methyl sites for hydroxylation is 1. The smallest absolute Gasteiger partial charge is 0.244 e. The van der Waals surface area contributed by atoms with Gasteiger partial charge in [0.15, 0.2) is 0 Å². The van der Waals surface area contributed by atoms with Crippen LogP contribution in [-0.2, 0) is 21.2 Å². The molecule has 4 rings (SSSR count). The van der Waals surface area contributed by atoms with Gasteiger partial charge in [-0.25, -0.2) is 8.42 Å². The average Bonchev–Trinajstić information content (AvgIpc) is 3.28. The maximum atomic E-state index is 13.6. The second-order valence-electron chi connectivity index (χ2n) is 7.46. The number of fused-ring (bicyclic) bond motifs is 1. The molecule has 0 unspecified atom stereocenters. The second kappa shape index (κ2) is 7.28. The van der Waals surface area contributed by atoms with Crippen LogP contribution in [0, 0.1) is 6.92 Å². The summed E-state index contributed by atoms with van der Waals surface area (Å²) in [5.74, 6) is -0.0663. The molecule has 0 saturated carbocycles. The van der Waals surface area contributed by atoms with E-state index in [1.807, 2.05) is 37.3 Å². The Balaban J connectivity index is 1.78. The minimum absolute atomic E-state index is 0.0663. The van der Waals surface area contributed by atoms with Crippen LogP contribution in [0.1, 0.15) is 42.5 Å². The van der Waals surface area contributed by atoms with E-state index in [4.69, 9.17) is 0 Å². The molecular formula is C21H23BrN2O3S. The van der Waals surface area contributed by atoms with E-state index < -0.39 is 10.0 Å². The number of amides is 1. The quantitative estimate of drug-likeness (QED) is 0.686. The molecule has 0 radical (unpaired) electrons. The molecule has 0 aliphatic carbocycles. The number of nitrogens with zero attached hydrogens (tertiary/aromatic N) is 2. The maximum absolute atomic E-state index is 13.6. The molecule has 0 bridgehead atoms. The Morgan fingerprint density at radius 1 is 1.18 bits per heavy atom. The highest BCUT2D eigenvalue weighted by atomic mass is 79.9. The number of hydrogen-bond acceptors (Lipinski definition) is 3. The lowest BCUT2D eigenvalue weighted by molar-refractivity contribution is -0.116. The first-order valence-corrected chi connectivity index (χ1v) is 11.7. The molecule has 2 aromatic rings. The van der Waals surface area contributed by atoms with Crippen LogP contribution in [0.4, 0.5) is 5.69 Å². The van der Waals surface area contributed by atoms with Crippen molar-refractivity contribution in [3.05, 3.63) is 57.6 Å². The SMILES string of the molecule is CC(=O)N1CCc2cc(Br)c(S(=O)(=O)N3CCC[C@H]3c3ccccc3C)cc21. The Morgan fingerprint density at radius 3 is 2.64 bits per heavy atom. The number of rotatable bonds is 3. The highest BCUT2D eigenvalue weighted by molar-refractivity contribution is 9.10. The van der Waals surface area contributed by atoms with Crippen LogP contribution < -0.4 is 4.90 Å². The minimum atomic E-state index is -3.71. The van der Waals surface area contributed by atoms with Crippen molar-refractivity contribution in [2.75, 3.05) is 18.0 Å². The molecule has 1 atom stereocenters. The monoisotopic (exact) mass is 462 g/mol. The second-order valence-corrected chi connectivity index (χ2v) is 10.2. The summed E-state index contributed by atoms with van der Waals surface area (Å²) in [7, 11) is -3.71. The van der Waals surface area contributed by atoms with Gasteiger partial charge in [0, 0.05) is 30.2 Å². The van der Waals surface area contributed by atoms with Crippen molar-refractivity contribution in [2.45, 2.75) is 44.0 Å². The molecule has 7 heteroatoms. The normalized spacial score (nSPS) is 19.8. The third-order valence-corrected chi connectivity index (χ3v) is 8.61. The van der Waals surface area contributed by atoms with Crippen LogP contribution in [0.25, 0.3) is 0 Å². The zero-order chi connectivity index (χ0) is 20.1. The van der Waals surface area contributed by atoms with E-state index in [1.54, 1.807) is 15.3 Å². The van der Waals surface area contributed by atoms with Gasteiger partial charge in [0.2, 0.25) is 15.9 Å². The maximum Gasteiger partial charge on any atom is 0.244 e. The molecule has 0 N–H and O–H groups in total. The molecule has 5 nitrogen and oxygen atoms in total. The molecule has 1 saturated heterocycles. The zero-order valence-electron chi connectivity index (χ0n) is 16.0. The van der Waals surface area contributed by atoms with Crippen LogP contribution in [0.5, 0.6) is 0 Å². The summed E-state index contributed by atoms with van der Waals surface area (Å²) < 4.78 is 29.4. The first-order valence-electron chi connectivity index (χ1n) is 9.48. The van der Waals surface area contributed by atoms with Gasteiger partial charge in [-0.3, -0.25) is 4.79 Å². The predicted octanol–water partition coefficient (Wildman–Crippen LogP) is 4.19. The van der Waals surface area contributed by atoms with E-state index in [9.17, 15) is 13.2 Å². The number of benzene rings is 2. The Hall–Kier alpha value is -1.70. The lowest BCUT2D eigenvalue weighted by Gasteiger charge is -2.26. The average molecular weight is 463 g/mol.